The normalized spacial score (nSPS) is 24.8. The monoisotopic (exact) mass is 263 g/mol. The van der Waals surface area contributed by atoms with E-state index in [2.05, 4.69) is 34.9 Å². The molecule has 0 amide bonds. The second kappa shape index (κ2) is 6.46. The summed E-state index contributed by atoms with van der Waals surface area (Å²) < 4.78 is 0. The van der Waals surface area contributed by atoms with Crippen molar-refractivity contribution in [2.75, 3.05) is 40.3 Å². The van der Waals surface area contributed by atoms with Gasteiger partial charge in [0.15, 0.2) is 0 Å². The minimum atomic E-state index is -0.550. The molecule has 0 radical (unpaired) electrons. The summed E-state index contributed by atoms with van der Waals surface area (Å²) in [5, 5.41) is 10.6. The molecule has 1 aliphatic rings. The average Bonchev–Trinajstić information content (AvgIpc) is 2.37. The minimum absolute atomic E-state index is 0.550. The third-order valence-electron chi connectivity index (χ3n) is 3.79. The molecule has 1 fully saturated rings. The van der Waals surface area contributed by atoms with Gasteiger partial charge in [-0.25, -0.2) is 0 Å². The Morgan fingerprint density at radius 2 is 2.32 bits per heavy atom. The van der Waals surface area contributed by atoms with Crippen LogP contribution in [-0.4, -0.2) is 65.8 Å². The van der Waals surface area contributed by atoms with Gasteiger partial charge in [-0.3, -0.25) is 4.98 Å². The van der Waals surface area contributed by atoms with Crippen LogP contribution in [-0.2, 0) is 6.42 Å². The van der Waals surface area contributed by atoms with Crippen molar-refractivity contribution in [3.63, 3.8) is 0 Å². The zero-order chi connectivity index (χ0) is 13.7. The van der Waals surface area contributed by atoms with E-state index in [0.717, 1.165) is 51.1 Å². The number of piperidine rings is 1. The largest absolute Gasteiger partial charge is 0.387 e. The highest BCUT2D eigenvalue weighted by molar-refractivity contribution is 5.03. The SMILES string of the molecule is CN1CCC[C@@](O)(CN(C)CCc2ccccn2)C1. The maximum atomic E-state index is 10.6. The van der Waals surface area contributed by atoms with E-state index in [0.29, 0.717) is 0 Å². The van der Waals surface area contributed by atoms with Crippen molar-refractivity contribution in [2.24, 2.45) is 0 Å². The molecule has 19 heavy (non-hydrogen) atoms. The molecule has 106 valence electrons. The molecule has 0 saturated carbocycles. The Balaban J connectivity index is 1.79. The molecule has 1 saturated heterocycles. The first-order valence-corrected chi connectivity index (χ1v) is 7.07. The summed E-state index contributed by atoms with van der Waals surface area (Å²) in [6.45, 7) is 3.55. The molecule has 2 heterocycles. The number of likely N-dealkylation sites (tertiary alicyclic amines) is 1. The molecule has 0 spiro atoms. The standard InChI is InChI=1S/C15H25N3O/c1-17-10-5-8-15(19,12-17)13-18(2)11-7-14-6-3-4-9-16-14/h3-4,6,9,19H,5,7-8,10-13H2,1-2H3/t15-/m0/s1. The molecule has 1 atom stereocenters. The van der Waals surface area contributed by atoms with Gasteiger partial charge < -0.3 is 14.9 Å². The van der Waals surface area contributed by atoms with Crippen LogP contribution < -0.4 is 0 Å². The van der Waals surface area contributed by atoms with Crippen LogP contribution in [0.5, 0.6) is 0 Å². The molecule has 4 nitrogen and oxygen atoms in total. The van der Waals surface area contributed by atoms with Gasteiger partial charge in [-0.1, -0.05) is 6.07 Å². The van der Waals surface area contributed by atoms with Crippen molar-refractivity contribution >= 4 is 0 Å². The Morgan fingerprint density at radius 1 is 1.47 bits per heavy atom. The fraction of sp³-hybridized carbons (Fsp3) is 0.667. The van der Waals surface area contributed by atoms with Crippen LogP contribution in [0.1, 0.15) is 18.5 Å². The number of rotatable bonds is 5. The number of aliphatic hydroxyl groups is 1. The lowest BCUT2D eigenvalue weighted by Gasteiger charge is -2.39. The van der Waals surface area contributed by atoms with Crippen LogP contribution in [0.3, 0.4) is 0 Å². The Labute approximate surface area is 116 Å². The van der Waals surface area contributed by atoms with Gasteiger partial charge in [-0.05, 0) is 45.6 Å². The first-order valence-electron chi connectivity index (χ1n) is 7.07. The van der Waals surface area contributed by atoms with Crippen LogP contribution in [0.15, 0.2) is 24.4 Å². The number of likely N-dealkylation sites (N-methyl/N-ethyl adjacent to an activating group) is 2. The Morgan fingerprint density at radius 3 is 3.00 bits per heavy atom. The van der Waals surface area contributed by atoms with Crippen molar-refractivity contribution in [1.82, 2.24) is 14.8 Å². The first-order chi connectivity index (χ1) is 9.07. The van der Waals surface area contributed by atoms with Crippen LogP contribution in [0.4, 0.5) is 0 Å². The van der Waals surface area contributed by atoms with Gasteiger partial charge >= 0.3 is 0 Å². The second-order valence-electron chi connectivity index (χ2n) is 5.87. The molecular formula is C15H25N3O. The number of β-amino-alcohol motifs (C(OH)–C–C–N with tert-alkyl or cyclic N) is 1. The molecule has 1 aromatic heterocycles. The average molecular weight is 263 g/mol. The predicted octanol–water partition coefficient (Wildman–Crippen LogP) is 1.01. The topological polar surface area (TPSA) is 39.6 Å². The van der Waals surface area contributed by atoms with Crippen molar-refractivity contribution in [1.29, 1.82) is 0 Å². The fourth-order valence-electron chi connectivity index (χ4n) is 2.90. The van der Waals surface area contributed by atoms with E-state index in [1.54, 1.807) is 0 Å². The van der Waals surface area contributed by atoms with Gasteiger partial charge in [0, 0.05) is 37.9 Å². The van der Waals surface area contributed by atoms with Gasteiger partial charge in [0.2, 0.25) is 0 Å². The number of hydrogen-bond acceptors (Lipinski definition) is 4. The zero-order valence-electron chi connectivity index (χ0n) is 12.0. The smallest absolute Gasteiger partial charge is 0.0900 e. The lowest BCUT2D eigenvalue weighted by atomic mass is 9.92. The third-order valence-corrected chi connectivity index (χ3v) is 3.79. The maximum Gasteiger partial charge on any atom is 0.0900 e. The summed E-state index contributed by atoms with van der Waals surface area (Å²) in [5.74, 6) is 0. The third kappa shape index (κ3) is 4.56. The summed E-state index contributed by atoms with van der Waals surface area (Å²) in [5.41, 5.74) is 0.563. The van der Waals surface area contributed by atoms with Crippen molar-refractivity contribution < 1.29 is 5.11 Å². The molecule has 0 aliphatic carbocycles. The van der Waals surface area contributed by atoms with Crippen LogP contribution >= 0.6 is 0 Å². The minimum Gasteiger partial charge on any atom is -0.387 e. The molecule has 0 unspecified atom stereocenters. The van der Waals surface area contributed by atoms with Gasteiger partial charge in [0.1, 0.15) is 0 Å². The van der Waals surface area contributed by atoms with Gasteiger partial charge in [0.25, 0.3) is 0 Å². The molecule has 4 heteroatoms. The highest BCUT2D eigenvalue weighted by Crippen LogP contribution is 2.21. The summed E-state index contributed by atoms with van der Waals surface area (Å²) >= 11 is 0. The highest BCUT2D eigenvalue weighted by Gasteiger charge is 2.32. The van der Waals surface area contributed by atoms with E-state index < -0.39 is 5.60 Å². The number of pyridine rings is 1. The Hall–Kier alpha value is -0.970. The highest BCUT2D eigenvalue weighted by atomic mass is 16.3. The van der Waals surface area contributed by atoms with E-state index in [1.165, 1.54) is 0 Å². The predicted molar refractivity (Wildman–Crippen MR) is 77.1 cm³/mol. The van der Waals surface area contributed by atoms with E-state index in [1.807, 2.05) is 18.3 Å². The molecule has 1 N–H and O–H groups in total. The quantitative estimate of drug-likeness (QED) is 0.861. The zero-order valence-corrected chi connectivity index (χ0v) is 12.0. The van der Waals surface area contributed by atoms with Crippen LogP contribution in [0.25, 0.3) is 0 Å². The second-order valence-corrected chi connectivity index (χ2v) is 5.87. The summed E-state index contributed by atoms with van der Waals surface area (Å²) in [7, 11) is 4.16. The summed E-state index contributed by atoms with van der Waals surface area (Å²) in [6.07, 6.45) is 4.76. The van der Waals surface area contributed by atoms with E-state index in [4.69, 9.17) is 0 Å². The van der Waals surface area contributed by atoms with Gasteiger partial charge in [-0.15, -0.1) is 0 Å². The fourth-order valence-corrected chi connectivity index (χ4v) is 2.90. The van der Waals surface area contributed by atoms with Crippen molar-refractivity contribution in [3.8, 4) is 0 Å². The summed E-state index contributed by atoms with van der Waals surface area (Å²) in [4.78, 5) is 8.76. The molecule has 2 rings (SSSR count). The lowest BCUT2D eigenvalue weighted by molar-refractivity contribution is -0.0426. The van der Waals surface area contributed by atoms with Crippen LogP contribution in [0.2, 0.25) is 0 Å². The van der Waals surface area contributed by atoms with Crippen LogP contribution in [0, 0.1) is 0 Å². The van der Waals surface area contributed by atoms with Gasteiger partial charge in [-0.2, -0.15) is 0 Å². The molecule has 1 aliphatic heterocycles. The number of hydrogen-bond donors (Lipinski definition) is 1. The van der Waals surface area contributed by atoms with Crippen molar-refractivity contribution in [2.45, 2.75) is 24.9 Å². The molecule has 0 bridgehead atoms. The molecule has 0 aromatic carbocycles. The Kier molecular flexibility index (Phi) is 4.91. The number of nitrogens with zero attached hydrogens (tertiary/aromatic N) is 3. The molecule has 1 aromatic rings. The van der Waals surface area contributed by atoms with E-state index in [-0.39, 0.29) is 0 Å². The van der Waals surface area contributed by atoms with Gasteiger partial charge in [0.05, 0.1) is 5.60 Å². The maximum absolute atomic E-state index is 10.6. The molecular weight excluding hydrogens is 238 g/mol. The summed E-state index contributed by atoms with van der Waals surface area (Å²) in [6, 6.07) is 6.01. The van der Waals surface area contributed by atoms with E-state index in [9.17, 15) is 5.11 Å². The van der Waals surface area contributed by atoms with E-state index >= 15 is 0 Å². The number of aromatic nitrogens is 1. The van der Waals surface area contributed by atoms with Crippen molar-refractivity contribution in [3.05, 3.63) is 30.1 Å². The first kappa shape index (κ1) is 14.4. The lowest BCUT2D eigenvalue weighted by Crippen LogP contribution is -2.52. The Bertz CT molecular complexity index is 384.